The van der Waals surface area contributed by atoms with Gasteiger partial charge >= 0.3 is 0 Å². The minimum absolute atomic E-state index is 0.500. The number of hydrogen-bond donors (Lipinski definition) is 2. The normalized spacial score (nSPS) is 23.8. The number of aliphatic hydroxyl groups is 1. The average molecular weight is 378 g/mol. The summed E-state index contributed by atoms with van der Waals surface area (Å²) in [6.45, 7) is 5.07. The number of nitrogens with two attached hydrogens (primary N) is 1. The Kier molecular flexibility index (Phi) is 5.15. The summed E-state index contributed by atoms with van der Waals surface area (Å²) in [5.41, 5.74) is 8.51. The van der Waals surface area contributed by atoms with Crippen LogP contribution in [0.15, 0.2) is 18.2 Å². The quantitative estimate of drug-likeness (QED) is 0.793. The molecule has 2 saturated heterocycles. The van der Waals surface area contributed by atoms with Crippen LogP contribution in [0, 0.1) is 0 Å². The van der Waals surface area contributed by atoms with E-state index < -0.39 is 5.60 Å². The highest BCUT2D eigenvalue weighted by Crippen LogP contribution is 2.37. The maximum Gasteiger partial charge on any atom is 0.0817 e. The van der Waals surface area contributed by atoms with Gasteiger partial charge in [0.25, 0.3) is 0 Å². The Labute approximate surface area is 160 Å². The summed E-state index contributed by atoms with van der Waals surface area (Å²) in [5, 5.41) is 11.4. The van der Waals surface area contributed by atoms with E-state index in [0.29, 0.717) is 30.0 Å². The highest BCUT2D eigenvalue weighted by Gasteiger charge is 2.34. The Balaban J connectivity index is 1.40. The molecule has 0 bridgehead atoms. The first kappa shape index (κ1) is 18.1. The Morgan fingerprint density at radius 2 is 1.96 bits per heavy atom. The van der Waals surface area contributed by atoms with E-state index in [1.807, 2.05) is 6.07 Å². The van der Waals surface area contributed by atoms with Crippen molar-refractivity contribution in [3.05, 3.63) is 28.8 Å². The van der Waals surface area contributed by atoms with Gasteiger partial charge in [0.1, 0.15) is 0 Å². The van der Waals surface area contributed by atoms with Gasteiger partial charge in [-0.2, -0.15) is 0 Å². The van der Waals surface area contributed by atoms with Crippen LogP contribution >= 0.6 is 11.6 Å². The Hall–Kier alpha value is -1.27. The molecule has 3 aliphatic heterocycles. The monoisotopic (exact) mass is 377 g/mol. The molecule has 26 heavy (non-hydrogen) atoms. The van der Waals surface area contributed by atoms with Crippen molar-refractivity contribution in [3.63, 3.8) is 0 Å². The minimum Gasteiger partial charge on any atom is -0.397 e. The Bertz CT molecular complexity index is 680. The molecular formula is C20H28ClN3O2. The second-order valence-electron chi connectivity index (χ2n) is 7.79. The van der Waals surface area contributed by atoms with E-state index in [9.17, 15) is 5.11 Å². The lowest BCUT2D eigenvalue weighted by Gasteiger charge is -2.43. The number of nitrogens with zero attached hydrogens (tertiary/aromatic N) is 2. The van der Waals surface area contributed by atoms with Crippen LogP contribution in [0.4, 0.5) is 11.4 Å². The van der Waals surface area contributed by atoms with Gasteiger partial charge in [0.2, 0.25) is 0 Å². The molecule has 0 atom stereocenters. The fourth-order valence-corrected chi connectivity index (χ4v) is 4.63. The molecule has 142 valence electrons. The number of halogens is 1. The zero-order chi connectivity index (χ0) is 18.1. The first-order chi connectivity index (χ1) is 12.6. The predicted octanol–water partition coefficient (Wildman–Crippen LogP) is 2.76. The number of benzene rings is 1. The van der Waals surface area contributed by atoms with Crippen LogP contribution in [-0.4, -0.2) is 61.0 Å². The van der Waals surface area contributed by atoms with Crippen molar-refractivity contribution in [1.29, 1.82) is 0 Å². The summed E-state index contributed by atoms with van der Waals surface area (Å²) >= 11 is 6.19. The van der Waals surface area contributed by atoms with Crippen LogP contribution in [0.25, 0.3) is 6.08 Å². The van der Waals surface area contributed by atoms with E-state index in [1.165, 1.54) is 5.69 Å². The van der Waals surface area contributed by atoms with Gasteiger partial charge in [0.15, 0.2) is 0 Å². The summed E-state index contributed by atoms with van der Waals surface area (Å²) in [6.07, 6.45) is 7.95. The summed E-state index contributed by atoms with van der Waals surface area (Å²) in [4.78, 5) is 4.88. The maximum absolute atomic E-state index is 10.8. The van der Waals surface area contributed by atoms with Crippen LogP contribution in [0.1, 0.15) is 31.2 Å². The number of likely N-dealkylation sites (tertiary alicyclic amines) is 1. The molecule has 4 rings (SSSR count). The van der Waals surface area contributed by atoms with Crippen molar-refractivity contribution in [1.82, 2.24) is 4.90 Å². The van der Waals surface area contributed by atoms with Crippen LogP contribution in [0.3, 0.4) is 0 Å². The molecule has 0 unspecified atom stereocenters. The van der Waals surface area contributed by atoms with E-state index in [2.05, 4.69) is 28.0 Å². The standard InChI is InChI=1S/C20H28ClN3O2/c21-17-3-4-18-16(19(17)22)2-1-9-24(18)15-5-10-23(11-6-15)14-20(25)7-12-26-13-8-20/h1-4,15,25H,5-14,22H2. The van der Waals surface area contributed by atoms with Gasteiger partial charge in [-0.25, -0.2) is 0 Å². The van der Waals surface area contributed by atoms with Crippen molar-refractivity contribution in [3.8, 4) is 0 Å². The lowest BCUT2D eigenvalue weighted by atomic mass is 9.92. The van der Waals surface area contributed by atoms with Crippen molar-refractivity contribution in [2.75, 3.05) is 50.0 Å². The van der Waals surface area contributed by atoms with E-state index in [0.717, 1.165) is 57.4 Å². The topological polar surface area (TPSA) is 62.0 Å². The van der Waals surface area contributed by atoms with Crippen LogP contribution in [0.2, 0.25) is 5.02 Å². The number of nitrogen functional groups attached to an aromatic ring is 1. The third-order valence-corrected chi connectivity index (χ3v) is 6.38. The van der Waals surface area contributed by atoms with E-state index in [1.54, 1.807) is 0 Å². The zero-order valence-electron chi connectivity index (χ0n) is 15.2. The Morgan fingerprint density at radius 1 is 1.23 bits per heavy atom. The molecule has 0 spiro atoms. The summed E-state index contributed by atoms with van der Waals surface area (Å²) < 4.78 is 5.39. The first-order valence-electron chi connectivity index (χ1n) is 9.59. The molecule has 1 aromatic rings. The number of piperidine rings is 1. The summed E-state index contributed by atoms with van der Waals surface area (Å²) in [5.74, 6) is 0. The largest absolute Gasteiger partial charge is 0.397 e. The molecule has 6 heteroatoms. The maximum atomic E-state index is 10.8. The van der Waals surface area contributed by atoms with E-state index in [-0.39, 0.29) is 0 Å². The van der Waals surface area contributed by atoms with Crippen molar-refractivity contribution >= 4 is 29.1 Å². The lowest BCUT2D eigenvalue weighted by Crippen LogP contribution is -2.52. The number of hydrogen-bond acceptors (Lipinski definition) is 5. The van der Waals surface area contributed by atoms with Gasteiger partial charge < -0.3 is 25.4 Å². The molecular weight excluding hydrogens is 350 g/mol. The molecule has 3 N–H and O–H groups in total. The molecule has 1 aromatic carbocycles. The van der Waals surface area contributed by atoms with E-state index in [4.69, 9.17) is 22.1 Å². The zero-order valence-corrected chi connectivity index (χ0v) is 15.9. The van der Waals surface area contributed by atoms with Gasteiger partial charge in [0, 0.05) is 69.5 Å². The fourth-order valence-electron chi connectivity index (χ4n) is 4.47. The SMILES string of the molecule is Nc1c(Cl)ccc2c1C=CCN2C1CCN(CC2(O)CCOCC2)CC1. The molecule has 0 amide bonds. The van der Waals surface area contributed by atoms with Gasteiger partial charge in [-0.3, -0.25) is 0 Å². The Morgan fingerprint density at radius 3 is 2.69 bits per heavy atom. The smallest absolute Gasteiger partial charge is 0.0817 e. The highest BCUT2D eigenvalue weighted by molar-refractivity contribution is 6.33. The van der Waals surface area contributed by atoms with Crippen molar-refractivity contribution in [2.24, 2.45) is 0 Å². The van der Waals surface area contributed by atoms with Crippen LogP contribution in [-0.2, 0) is 4.74 Å². The molecule has 0 radical (unpaired) electrons. The van der Waals surface area contributed by atoms with Crippen LogP contribution in [0.5, 0.6) is 0 Å². The molecule has 0 aromatic heterocycles. The molecule has 2 fully saturated rings. The van der Waals surface area contributed by atoms with Crippen molar-refractivity contribution < 1.29 is 9.84 Å². The molecule has 5 nitrogen and oxygen atoms in total. The molecule has 3 heterocycles. The van der Waals surface area contributed by atoms with Gasteiger partial charge in [-0.05, 0) is 25.0 Å². The third-order valence-electron chi connectivity index (χ3n) is 6.05. The summed E-state index contributed by atoms with van der Waals surface area (Å²) in [6, 6.07) is 4.49. The van der Waals surface area contributed by atoms with Gasteiger partial charge in [0.05, 0.1) is 16.3 Å². The number of fused-ring (bicyclic) bond motifs is 1. The lowest BCUT2D eigenvalue weighted by molar-refractivity contribution is -0.0820. The van der Waals surface area contributed by atoms with Crippen molar-refractivity contribution in [2.45, 2.75) is 37.3 Å². The number of rotatable bonds is 3. The first-order valence-corrected chi connectivity index (χ1v) is 9.97. The summed E-state index contributed by atoms with van der Waals surface area (Å²) in [7, 11) is 0. The number of anilines is 2. The van der Waals surface area contributed by atoms with Gasteiger partial charge in [-0.1, -0.05) is 23.8 Å². The number of ether oxygens (including phenoxy) is 1. The molecule has 0 aliphatic carbocycles. The second-order valence-corrected chi connectivity index (χ2v) is 8.20. The third kappa shape index (κ3) is 3.58. The van der Waals surface area contributed by atoms with Crippen LogP contribution < -0.4 is 10.6 Å². The molecule has 0 saturated carbocycles. The average Bonchev–Trinajstić information content (AvgIpc) is 2.65. The van der Waals surface area contributed by atoms with E-state index >= 15 is 0 Å². The fraction of sp³-hybridized carbons (Fsp3) is 0.600. The molecule has 3 aliphatic rings. The highest BCUT2D eigenvalue weighted by atomic mass is 35.5. The minimum atomic E-state index is -0.573. The second kappa shape index (κ2) is 7.39. The number of β-amino-alcohol motifs (C(OH)–C–C–N with tert-alkyl or cyclic N) is 1. The predicted molar refractivity (Wildman–Crippen MR) is 107 cm³/mol. The van der Waals surface area contributed by atoms with Gasteiger partial charge in [-0.15, -0.1) is 0 Å².